The number of thioether (sulfide) groups is 2. The fourth-order valence-electron chi connectivity index (χ4n) is 11.2. The average Bonchev–Trinajstić information content (AvgIpc) is 4.19. The molecule has 2 fully saturated rings. The number of aliphatic carboxylic acids is 2. The lowest BCUT2D eigenvalue weighted by molar-refractivity contribution is -0.150. The zero-order valence-corrected chi connectivity index (χ0v) is 51.9. The van der Waals surface area contributed by atoms with E-state index >= 15 is 0 Å². The molecule has 0 aliphatic carbocycles. The number of likely N-dealkylation sites (tertiary alicyclic amines) is 2. The Morgan fingerprint density at radius 1 is 0.829 bits per heavy atom. The predicted octanol–water partition coefficient (Wildman–Crippen LogP) is 5.07. The van der Waals surface area contributed by atoms with Crippen LogP contribution in [-0.4, -0.2) is 209 Å². The van der Waals surface area contributed by atoms with Crippen LogP contribution in [0, 0.1) is 35.5 Å². The highest BCUT2D eigenvalue weighted by Crippen LogP contribution is 2.32. The Bertz CT molecular complexity index is 2420. The second-order valence-corrected chi connectivity index (χ2v) is 24.1. The molecule has 21 nitrogen and oxygen atoms in total. The number of carbonyl (C=O) groups is 11. The number of ether oxygens (including phenoxy) is 2. The molecule has 3 N–H and O–H groups in total. The summed E-state index contributed by atoms with van der Waals surface area (Å²) >= 11 is 2.17. The number of ketones is 2. The molecule has 0 spiro atoms. The molecule has 1 aromatic carbocycles. The number of methoxy groups -OCH3 is 2. The number of hydrogen-bond acceptors (Lipinski definition) is 15. The number of benzene rings is 1. The van der Waals surface area contributed by atoms with E-state index in [-0.39, 0.29) is 123 Å². The Balaban J connectivity index is 1.77. The van der Waals surface area contributed by atoms with Crippen LogP contribution in [0.1, 0.15) is 112 Å². The van der Waals surface area contributed by atoms with Crippen LogP contribution in [0.3, 0.4) is 0 Å². The molecule has 23 heteroatoms. The highest BCUT2D eigenvalue weighted by atomic mass is 32.2. The molecule has 0 bridgehead atoms. The molecule has 458 valence electrons. The van der Waals surface area contributed by atoms with Crippen LogP contribution in [0.2, 0.25) is 0 Å². The van der Waals surface area contributed by atoms with Gasteiger partial charge in [-0.15, -0.1) is 11.8 Å². The van der Waals surface area contributed by atoms with Crippen molar-refractivity contribution < 1.29 is 72.4 Å². The summed E-state index contributed by atoms with van der Waals surface area (Å²) in [5, 5.41) is 21.3. The molecule has 2 aliphatic rings. The third-order valence-electron chi connectivity index (χ3n) is 16.1. The molecule has 82 heavy (non-hydrogen) atoms. The summed E-state index contributed by atoms with van der Waals surface area (Å²) in [6.07, 6.45) is 3.37. The number of nitrogens with zero attached hydrogens (tertiary/aromatic N) is 5. The number of imide groups is 1. The van der Waals surface area contributed by atoms with Gasteiger partial charge < -0.3 is 44.6 Å². The predicted molar refractivity (Wildman–Crippen MR) is 313 cm³/mol. The van der Waals surface area contributed by atoms with E-state index in [0.717, 1.165) is 28.3 Å². The first-order valence-electron chi connectivity index (χ1n) is 28.3. The molecule has 0 saturated carbocycles. The normalized spacial score (nSPS) is 18.5. The molecular formula is C59H90N6O15S2. The Hall–Kier alpha value is -5.65. The van der Waals surface area contributed by atoms with E-state index in [4.69, 9.17) is 14.6 Å². The summed E-state index contributed by atoms with van der Waals surface area (Å²) < 4.78 is 12.0. The minimum atomic E-state index is -1.31. The average molecular weight is 1190 g/mol. The highest BCUT2D eigenvalue weighted by Gasteiger charge is 2.44. The van der Waals surface area contributed by atoms with E-state index in [1.165, 1.54) is 49.1 Å². The first kappa shape index (κ1) is 70.6. The van der Waals surface area contributed by atoms with Crippen molar-refractivity contribution in [2.75, 3.05) is 73.6 Å². The molecule has 1 unspecified atom stereocenters. The summed E-state index contributed by atoms with van der Waals surface area (Å²) in [5.41, 5.74) is 0.805. The summed E-state index contributed by atoms with van der Waals surface area (Å²) in [7, 11) is 6.09. The number of nitrogens with one attached hydrogen (secondary N) is 1. The zero-order chi connectivity index (χ0) is 61.7. The van der Waals surface area contributed by atoms with E-state index in [0.29, 0.717) is 25.8 Å². The van der Waals surface area contributed by atoms with Gasteiger partial charge in [0, 0.05) is 111 Å². The van der Waals surface area contributed by atoms with Crippen molar-refractivity contribution >= 4 is 88.4 Å². The van der Waals surface area contributed by atoms with Crippen molar-refractivity contribution in [3.63, 3.8) is 0 Å². The van der Waals surface area contributed by atoms with Crippen molar-refractivity contribution in [2.45, 2.75) is 148 Å². The molecular weight excluding hydrogens is 1100 g/mol. The first-order valence-corrected chi connectivity index (χ1v) is 30.8. The number of hydrogen-bond donors (Lipinski definition) is 3. The van der Waals surface area contributed by atoms with Gasteiger partial charge in [-0.25, -0.2) is 4.79 Å². The Morgan fingerprint density at radius 3 is 2.01 bits per heavy atom. The number of carboxylic acids is 2. The quantitative estimate of drug-likeness (QED) is 0.0584. The smallest absolute Gasteiger partial charge is 0.329 e. The molecule has 0 aromatic heterocycles. The maximum atomic E-state index is 14.9. The Morgan fingerprint density at radius 2 is 1.48 bits per heavy atom. The lowest BCUT2D eigenvalue weighted by Crippen LogP contribution is -2.54. The summed E-state index contributed by atoms with van der Waals surface area (Å²) in [5.74, 6) is -9.57. The van der Waals surface area contributed by atoms with E-state index < -0.39 is 88.9 Å². The molecule has 3 rings (SSSR count). The lowest BCUT2D eigenvalue weighted by atomic mass is 9.83. The standard InChI is InChI=1S/C59H90N6O15S2/c1-14-37(6)54(45(79-10)32-50(70)64-25-18-21-42(64)55(80-11)38(7)43(66)30-40(59(77)78)29-39-19-16-15-17-20-39)62(9)57(75)41(35(2)3)31-44(67)53(36(4)5)61(8)48(68)22-23-49(69)63(26-24-60-56(74)46(81-12)34-52(72)73)27-28-65-51(71)33-47(82-13)58(65)76/h15-17,19-20,34-38,40-42,45,47,53-55H,14,18,21-33H2,1-13H3,(H,60,74)(H,72,73)(H,77,78)/b46-34+/t37-,38-,40+,41-,42-,45+,47?,53-,54-,55+/m0/s1. The van der Waals surface area contributed by atoms with Crippen LogP contribution in [0.15, 0.2) is 41.3 Å². The van der Waals surface area contributed by atoms with E-state index in [1.54, 1.807) is 43.9 Å². The van der Waals surface area contributed by atoms with Gasteiger partial charge in [0.25, 0.3) is 5.91 Å². The molecule has 2 aliphatic heterocycles. The number of rotatable bonds is 36. The van der Waals surface area contributed by atoms with Crippen molar-refractivity contribution in [1.82, 2.24) is 29.8 Å². The monoisotopic (exact) mass is 1190 g/mol. The maximum Gasteiger partial charge on any atom is 0.329 e. The molecule has 0 radical (unpaired) electrons. The number of likely N-dealkylation sites (N-methyl/N-ethyl adjacent to an activating group) is 2. The molecule has 10 atom stereocenters. The van der Waals surface area contributed by atoms with E-state index in [2.05, 4.69) is 5.32 Å². The van der Waals surface area contributed by atoms with Crippen LogP contribution >= 0.6 is 23.5 Å². The minimum absolute atomic E-state index is 0.0210. The van der Waals surface area contributed by atoms with Gasteiger partial charge in [-0.3, -0.25) is 52.8 Å². The van der Waals surface area contributed by atoms with Gasteiger partial charge in [-0.1, -0.05) is 85.2 Å². The Labute approximate surface area is 492 Å². The topological polar surface area (TPSA) is 275 Å². The fraction of sp³-hybridized carbons (Fsp3) is 0.678. The SMILES string of the molecule is CC[C@H](C)[C@@H]([C@@H](CC(=O)N1CCC[C@H]1[C@H](OC)[C@@H](C)C(=O)C[C@@H](Cc1ccccc1)C(=O)O)OC)N(C)C(=O)[C@@H](CC(=O)[C@H](C(C)C)N(C)C(=O)CCC(=O)N(CCNC(=O)/C(=C\C(=O)O)SC)CCN1C(=O)CC(SC)C1=O)C(C)C. The van der Waals surface area contributed by atoms with Crippen molar-refractivity contribution in [3.8, 4) is 0 Å². The van der Waals surface area contributed by atoms with E-state index in [1.807, 2.05) is 58.0 Å². The van der Waals surface area contributed by atoms with Gasteiger partial charge in [0.1, 0.15) is 5.78 Å². The van der Waals surface area contributed by atoms with Gasteiger partial charge in [0.2, 0.25) is 35.4 Å². The third-order valence-corrected chi connectivity index (χ3v) is 17.8. The first-order chi connectivity index (χ1) is 38.7. The Kier molecular flexibility index (Phi) is 29.5. The molecule has 1 aromatic rings. The summed E-state index contributed by atoms with van der Waals surface area (Å²) in [6, 6.07) is 7.03. The van der Waals surface area contributed by atoms with Gasteiger partial charge in [-0.2, -0.15) is 11.8 Å². The van der Waals surface area contributed by atoms with Gasteiger partial charge >= 0.3 is 11.9 Å². The summed E-state index contributed by atoms with van der Waals surface area (Å²) in [6.45, 7) is 12.8. The largest absolute Gasteiger partial charge is 0.481 e. The van der Waals surface area contributed by atoms with Crippen LogP contribution in [0.5, 0.6) is 0 Å². The van der Waals surface area contributed by atoms with Crippen molar-refractivity contribution in [1.29, 1.82) is 0 Å². The van der Waals surface area contributed by atoms with E-state index in [9.17, 15) is 57.8 Å². The lowest BCUT2D eigenvalue weighted by Gasteiger charge is -2.41. The molecule has 2 heterocycles. The van der Waals surface area contributed by atoms with Crippen LogP contribution in [0.25, 0.3) is 0 Å². The van der Waals surface area contributed by atoms with Gasteiger partial charge in [0.15, 0.2) is 5.78 Å². The maximum absolute atomic E-state index is 14.9. The molecule has 2 saturated heterocycles. The number of carboxylic acid groups (broad SMARTS) is 2. The number of carbonyl (C=O) groups excluding carboxylic acids is 9. The fourth-order valence-corrected chi connectivity index (χ4v) is 12.3. The molecule has 7 amide bonds. The van der Waals surface area contributed by atoms with Crippen LogP contribution in [0.4, 0.5) is 0 Å². The van der Waals surface area contributed by atoms with Crippen LogP contribution < -0.4 is 5.32 Å². The van der Waals surface area contributed by atoms with Crippen molar-refractivity contribution in [2.24, 2.45) is 35.5 Å². The second kappa shape index (κ2) is 34.2. The third kappa shape index (κ3) is 19.7. The second-order valence-electron chi connectivity index (χ2n) is 22.2. The van der Waals surface area contributed by atoms with Gasteiger partial charge in [0.05, 0.1) is 52.8 Å². The van der Waals surface area contributed by atoms with Crippen molar-refractivity contribution in [3.05, 3.63) is 46.9 Å². The number of amides is 7. The summed E-state index contributed by atoms with van der Waals surface area (Å²) in [4.78, 5) is 154. The van der Waals surface area contributed by atoms with Crippen LogP contribution in [-0.2, 0) is 68.6 Å². The highest BCUT2D eigenvalue weighted by molar-refractivity contribution is 8.03. The minimum Gasteiger partial charge on any atom is -0.481 e. The van der Waals surface area contributed by atoms with Gasteiger partial charge in [-0.05, 0) is 55.1 Å². The number of Topliss-reactive ketones (excluding diaryl/α,β-unsaturated/α-hetero) is 2. The zero-order valence-electron chi connectivity index (χ0n) is 50.3.